The Morgan fingerprint density at radius 2 is 1.90 bits per heavy atom. The smallest absolute Gasteiger partial charge is 0.254 e. The second-order valence-electron chi connectivity index (χ2n) is 8.35. The molecule has 0 saturated heterocycles. The van der Waals surface area contributed by atoms with Crippen molar-refractivity contribution in [2.24, 2.45) is 7.05 Å². The van der Waals surface area contributed by atoms with E-state index in [-0.39, 0.29) is 11.8 Å². The Morgan fingerprint density at radius 3 is 2.61 bits per heavy atom. The molecular formula is C24H28N6O. The molecule has 4 aromatic rings. The van der Waals surface area contributed by atoms with Gasteiger partial charge in [-0.15, -0.1) is 0 Å². The molecule has 160 valence electrons. The first-order chi connectivity index (χ1) is 14.8. The maximum atomic E-state index is 13.4. The van der Waals surface area contributed by atoms with Crippen molar-refractivity contribution in [1.29, 1.82) is 0 Å². The predicted molar refractivity (Wildman–Crippen MR) is 121 cm³/mol. The van der Waals surface area contributed by atoms with Crippen LogP contribution in [-0.4, -0.2) is 42.4 Å². The van der Waals surface area contributed by atoms with Gasteiger partial charge in [-0.2, -0.15) is 10.2 Å². The number of hydrogen-bond donors (Lipinski definition) is 0. The fourth-order valence-electron chi connectivity index (χ4n) is 3.82. The number of rotatable bonds is 6. The van der Waals surface area contributed by atoms with Crippen LogP contribution < -0.4 is 0 Å². The van der Waals surface area contributed by atoms with Crippen molar-refractivity contribution < 1.29 is 4.79 Å². The van der Waals surface area contributed by atoms with Crippen LogP contribution in [0, 0.1) is 6.92 Å². The summed E-state index contributed by atoms with van der Waals surface area (Å²) in [5, 5.41) is 9.77. The van der Waals surface area contributed by atoms with Crippen molar-refractivity contribution >= 4 is 16.9 Å². The van der Waals surface area contributed by atoms with E-state index in [1.807, 2.05) is 62.4 Å². The van der Waals surface area contributed by atoms with E-state index in [1.165, 1.54) is 5.56 Å². The first-order valence-corrected chi connectivity index (χ1v) is 10.5. The van der Waals surface area contributed by atoms with Crippen molar-refractivity contribution in [3.05, 3.63) is 76.9 Å². The van der Waals surface area contributed by atoms with Gasteiger partial charge >= 0.3 is 0 Å². The molecule has 3 heterocycles. The Bertz CT molecular complexity index is 1220. The summed E-state index contributed by atoms with van der Waals surface area (Å²) in [6.07, 6.45) is 3.82. The molecule has 0 spiro atoms. The van der Waals surface area contributed by atoms with E-state index in [0.29, 0.717) is 18.7 Å². The van der Waals surface area contributed by atoms with Gasteiger partial charge in [0, 0.05) is 38.1 Å². The maximum Gasteiger partial charge on any atom is 0.254 e. The van der Waals surface area contributed by atoms with E-state index in [2.05, 4.69) is 36.2 Å². The minimum Gasteiger partial charge on any atom is -0.337 e. The molecule has 31 heavy (non-hydrogen) atoms. The summed E-state index contributed by atoms with van der Waals surface area (Å²) in [4.78, 5) is 19.9. The van der Waals surface area contributed by atoms with Crippen molar-refractivity contribution in [3.8, 4) is 0 Å². The molecule has 7 heteroatoms. The summed E-state index contributed by atoms with van der Waals surface area (Å²) in [5.41, 5.74) is 5.28. The number of fused-ring (bicyclic) bond motifs is 1. The number of nitrogens with zero attached hydrogens (tertiary/aromatic N) is 6. The van der Waals surface area contributed by atoms with Crippen molar-refractivity contribution in [1.82, 2.24) is 29.4 Å². The van der Waals surface area contributed by atoms with Gasteiger partial charge in [-0.3, -0.25) is 14.2 Å². The van der Waals surface area contributed by atoms with Gasteiger partial charge in [-0.25, -0.2) is 4.98 Å². The normalized spacial score (nSPS) is 11.4. The summed E-state index contributed by atoms with van der Waals surface area (Å²) in [6.45, 7) is 7.26. The minimum absolute atomic E-state index is 0.0405. The monoisotopic (exact) mass is 416 g/mol. The van der Waals surface area contributed by atoms with Crippen LogP contribution in [0.15, 0.2) is 48.8 Å². The van der Waals surface area contributed by atoms with Crippen molar-refractivity contribution in [3.63, 3.8) is 0 Å². The highest BCUT2D eigenvalue weighted by Gasteiger charge is 2.22. The zero-order chi connectivity index (χ0) is 22.1. The first kappa shape index (κ1) is 20.8. The average molecular weight is 417 g/mol. The van der Waals surface area contributed by atoms with Crippen LogP contribution in [0.2, 0.25) is 0 Å². The Balaban J connectivity index is 1.58. The molecule has 3 aromatic heterocycles. The maximum absolute atomic E-state index is 13.4. The van der Waals surface area contributed by atoms with E-state index >= 15 is 0 Å². The summed E-state index contributed by atoms with van der Waals surface area (Å²) in [7, 11) is 3.69. The lowest BCUT2D eigenvalue weighted by Gasteiger charge is -2.18. The van der Waals surface area contributed by atoms with Gasteiger partial charge in [0.2, 0.25) is 0 Å². The van der Waals surface area contributed by atoms with Gasteiger partial charge in [0.15, 0.2) is 5.65 Å². The molecule has 1 amide bonds. The topological polar surface area (TPSA) is 68.8 Å². The third-order valence-corrected chi connectivity index (χ3v) is 5.45. The molecule has 4 rings (SSSR count). The van der Waals surface area contributed by atoms with Gasteiger partial charge in [-0.05, 0) is 24.5 Å². The lowest BCUT2D eigenvalue weighted by Crippen LogP contribution is -2.26. The molecule has 0 fully saturated rings. The van der Waals surface area contributed by atoms with Gasteiger partial charge in [-0.1, -0.05) is 44.2 Å². The lowest BCUT2D eigenvalue weighted by molar-refractivity contribution is 0.0786. The van der Waals surface area contributed by atoms with Crippen LogP contribution in [0.25, 0.3) is 11.0 Å². The zero-order valence-electron chi connectivity index (χ0n) is 18.7. The van der Waals surface area contributed by atoms with E-state index in [1.54, 1.807) is 9.58 Å². The van der Waals surface area contributed by atoms with Crippen LogP contribution in [0.3, 0.4) is 0 Å². The molecule has 0 bridgehead atoms. The van der Waals surface area contributed by atoms with E-state index in [9.17, 15) is 4.79 Å². The lowest BCUT2D eigenvalue weighted by atomic mass is 10.0. The molecule has 0 aliphatic rings. The highest BCUT2D eigenvalue weighted by molar-refractivity contribution is 6.06. The minimum atomic E-state index is -0.0405. The summed E-state index contributed by atoms with van der Waals surface area (Å²) >= 11 is 0. The second-order valence-corrected chi connectivity index (χ2v) is 8.35. The van der Waals surface area contributed by atoms with Crippen LogP contribution in [0.4, 0.5) is 0 Å². The van der Waals surface area contributed by atoms with E-state index in [4.69, 9.17) is 4.98 Å². The Morgan fingerprint density at radius 1 is 1.16 bits per heavy atom. The van der Waals surface area contributed by atoms with Gasteiger partial charge in [0.05, 0.1) is 29.4 Å². The molecule has 0 aliphatic heterocycles. The van der Waals surface area contributed by atoms with Crippen LogP contribution in [0.5, 0.6) is 0 Å². The summed E-state index contributed by atoms with van der Waals surface area (Å²) in [6, 6.07) is 12.1. The number of amides is 1. The van der Waals surface area contributed by atoms with Gasteiger partial charge in [0.25, 0.3) is 5.91 Å². The average Bonchev–Trinajstić information content (AvgIpc) is 3.30. The van der Waals surface area contributed by atoms with E-state index < -0.39 is 0 Å². The second kappa shape index (κ2) is 8.34. The Labute approximate surface area is 182 Å². The molecule has 0 radical (unpaired) electrons. The number of benzene rings is 1. The molecule has 0 atom stereocenters. The van der Waals surface area contributed by atoms with Crippen LogP contribution >= 0.6 is 0 Å². The number of carbonyl (C=O) groups excluding carboxylic acids is 1. The van der Waals surface area contributed by atoms with Gasteiger partial charge in [0.1, 0.15) is 0 Å². The predicted octanol–water partition coefficient (Wildman–Crippen LogP) is 3.92. The van der Waals surface area contributed by atoms with Crippen LogP contribution in [-0.2, 0) is 20.1 Å². The molecular weight excluding hydrogens is 388 g/mol. The zero-order valence-corrected chi connectivity index (χ0v) is 18.7. The van der Waals surface area contributed by atoms with E-state index in [0.717, 1.165) is 28.0 Å². The fraction of sp³-hybridized carbons (Fsp3) is 0.333. The largest absolute Gasteiger partial charge is 0.337 e. The van der Waals surface area contributed by atoms with Crippen LogP contribution in [0.1, 0.15) is 52.6 Å². The van der Waals surface area contributed by atoms with Crippen molar-refractivity contribution in [2.75, 3.05) is 7.05 Å². The summed E-state index contributed by atoms with van der Waals surface area (Å²) in [5.74, 6) is 0.175. The quantitative estimate of drug-likeness (QED) is 0.478. The highest BCUT2D eigenvalue weighted by atomic mass is 16.2. The number of aromatic nitrogens is 5. The molecule has 0 N–H and O–H groups in total. The molecule has 0 saturated carbocycles. The fourth-order valence-corrected chi connectivity index (χ4v) is 3.82. The SMILES string of the molecule is Cc1nn(C)c2nc(C(C)C)cc(C(=O)N(C)Cc3cnn(Cc4ccccc4)c3)c12. The number of carbonyl (C=O) groups is 1. The third-order valence-electron chi connectivity index (χ3n) is 5.45. The Hall–Kier alpha value is -3.48. The third kappa shape index (κ3) is 4.21. The number of aryl methyl sites for hydroxylation is 2. The highest BCUT2D eigenvalue weighted by Crippen LogP contribution is 2.26. The number of pyridine rings is 1. The number of hydrogen-bond acceptors (Lipinski definition) is 4. The standard InChI is InChI=1S/C24H28N6O/c1-16(2)21-11-20(22-17(3)27-29(5)23(22)26-21)24(31)28(4)13-19-12-25-30(15-19)14-18-9-7-6-8-10-18/h6-12,15-16H,13-14H2,1-5H3. The molecule has 0 aliphatic carbocycles. The van der Waals surface area contributed by atoms with Crippen molar-refractivity contribution in [2.45, 2.75) is 39.8 Å². The summed E-state index contributed by atoms with van der Waals surface area (Å²) < 4.78 is 3.65. The molecule has 1 aromatic carbocycles. The first-order valence-electron chi connectivity index (χ1n) is 10.5. The molecule has 7 nitrogen and oxygen atoms in total. The van der Waals surface area contributed by atoms with Gasteiger partial charge < -0.3 is 4.90 Å². The molecule has 0 unspecified atom stereocenters. The Kier molecular flexibility index (Phi) is 5.59.